The molecule has 2 aromatic carbocycles. The number of carbonyl (C=O) groups excluding carboxylic acids is 2. The van der Waals surface area contributed by atoms with Crippen LogP contribution in [-0.2, 0) is 0 Å². The van der Waals surface area contributed by atoms with Gasteiger partial charge in [-0.05, 0) is 81.0 Å². The Balaban J connectivity index is 1.41. The van der Waals surface area contributed by atoms with E-state index in [2.05, 4.69) is 10.6 Å². The number of benzene rings is 2. The molecular weight excluding hydrogens is 369 g/mol. The zero-order valence-electron chi connectivity index (χ0n) is 16.5. The van der Waals surface area contributed by atoms with Gasteiger partial charge in [-0.2, -0.15) is 0 Å². The fraction of sp³-hybridized carbons (Fsp3) is 0.391. The molecule has 2 aliphatic heterocycles. The molecule has 2 saturated heterocycles. The number of halogens is 1. The lowest BCUT2D eigenvalue weighted by molar-refractivity contribution is 0.0577. The van der Waals surface area contributed by atoms with E-state index in [-0.39, 0.29) is 35.9 Å². The number of anilines is 1. The first-order chi connectivity index (χ1) is 14.0. The number of amides is 3. The number of fused-ring (bicyclic) bond motifs is 2. The number of hydrogen-bond acceptors (Lipinski definition) is 2. The van der Waals surface area contributed by atoms with E-state index in [9.17, 15) is 14.0 Å². The summed E-state index contributed by atoms with van der Waals surface area (Å²) in [6.07, 6.45) is 4.47. The highest BCUT2D eigenvalue weighted by atomic mass is 19.1. The van der Waals surface area contributed by atoms with Crippen LogP contribution in [0, 0.1) is 12.7 Å². The maximum atomic E-state index is 13.1. The summed E-state index contributed by atoms with van der Waals surface area (Å²) in [6.45, 7) is 2.00. The monoisotopic (exact) mass is 395 g/mol. The molecule has 6 heteroatoms. The van der Waals surface area contributed by atoms with Crippen molar-refractivity contribution in [3.8, 4) is 0 Å². The molecule has 2 atom stereocenters. The molecule has 2 aromatic rings. The van der Waals surface area contributed by atoms with Crippen molar-refractivity contribution in [2.45, 2.75) is 57.2 Å². The molecule has 29 heavy (non-hydrogen) atoms. The highest BCUT2D eigenvalue weighted by molar-refractivity contribution is 5.94. The number of aryl methyl sites for hydroxylation is 1. The van der Waals surface area contributed by atoms with Gasteiger partial charge in [-0.3, -0.25) is 4.79 Å². The summed E-state index contributed by atoms with van der Waals surface area (Å²) < 4.78 is 13.1. The van der Waals surface area contributed by atoms with Gasteiger partial charge >= 0.3 is 6.03 Å². The molecule has 2 fully saturated rings. The number of nitrogens with one attached hydrogen (secondary N) is 2. The van der Waals surface area contributed by atoms with E-state index in [0.717, 1.165) is 43.4 Å². The number of piperidine rings is 2. The van der Waals surface area contributed by atoms with Crippen LogP contribution >= 0.6 is 0 Å². The largest absolute Gasteiger partial charge is 0.349 e. The van der Waals surface area contributed by atoms with Crippen LogP contribution in [0.2, 0.25) is 0 Å². The third-order valence-electron chi connectivity index (χ3n) is 5.92. The molecule has 152 valence electrons. The first-order valence-corrected chi connectivity index (χ1v) is 10.2. The Bertz CT molecular complexity index is 885. The van der Waals surface area contributed by atoms with Gasteiger partial charge in [0.15, 0.2) is 0 Å². The second-order valence-electron chi connectivity index (χ2n) is 8.09. The summed E-state index contributed by atoms with van der Waals surface area (Å²) in [4.78, 5) is 27.5. The van der Waals surface area contributed by atoms with E-state index in [4.69, 9.17) is 0 Å². The van der Waals surface area contributed by atoms with Gasteiger partial charge in [-0.25, -0.2) is 9.18 Å². The Morgan fingerprint density at radius 1 is 1.03 bits per heavy atom. The molecule has 2 N–H and O–H groups in total. The quantitative estimate of drug-likeness (QED) is 0.805. The summed E-state index contributed by atoms with van der Waals surface area (Å²) in [6, 6.07) is 13.6. The Morgan fingerprint density at radius 3 is 2.38 bits per heavy atom. The first kappa shape index (κ1) is 19.4. The Morgan fingerprint density at radius 2 is 1.72 bits per heavy atom. The zero-order chi connectivity index (χ0) is 20.4. The second kappa shape index (κ2) is 8.23. The summed E-state index contributed by atoms with van der Waals surface area (Å²) in [7, 11) is 0. The predicted molar refractivity (Wildman–Crippen MR) is 110 cm³/mol. The number of urea groups is 1. The summed E-state index contributed by atoms with van der Waals surface area (Å²) >= 11 is 0. The predicted octanol–water partition coefficient (Wildman–Crippen LogP) is 4.48. The fourth-order valence-electron chi connectivity index (χ4n) is 4.61. The van der Waals surface area contributed by atoms with Gasteiger partial charge in [-0.15, -0.1) is 0 Å². The van der Waals surface area contributed by atoms with Crippen molar-refractivity contribution < 1.29 is 14.0 Å². The molecule has 3 amide bonds. The molecule has 0 radical (unpaired) electrons. The third-order valence-corrected chi connectivity index (χ3v) is 5.92. The van der Waals surface area contributed by atoms with Crippen LogP contribution in [0.3, 0.4) is 0 Å². The average molecular weight is 395 g/mol. The lowest BCUT2D eigenvalue weighted by Crippen LogP contribution is -2.59. The van der Waals surface area contributed by atoms with Crippen LogP contribution in [0.1, 0.15) is 48.0 Å². The molecule has 2 bridgehead atoms. The summed E-state index contributed by atoms with van der Waals surface area (Å²) in [5.74, 6) is -0.547. The lowest BCUT2D eigenvalue weighted by atomic mass is 9.82. The van der Waals surface area contributed by atoms with Crippen LogP contribution < -0.4 is 10.6 Å². The minimum absolute atomic E-state index is 0.0193. The highest BCUT2D eigenvalue weighted by Crippen LogP contribution is 2.34. The van der Waals surface area contributed by atoms with E-state index >= 15 is 0 Å². The van der Waals surface area contributed by atoms with Crippen LogP contribution in [0.5, 0.6) is 0 Å². The molecule has 5 nitrogen and oxygen atoms in total. The van der Waals surface area contributed by atoms with Crippen molar-refractivity contribution in [3.05, 3.63) is 65.5 Å². The zero-order valence-corrected chi connectivity index (χ0v) is 16.5. The van der Waals surface area contributed by atoms with Gasteiger partial charge in [0.2, 0.25) is 0 Å². The maximum Gasteiger partial charge on any atom is 0.322 e. The van der Waals surface area contributed by atoms with Gasteiger partial charge in [0.25, 0.3) is 5.91 Å². The fourth-order valence-corrected chi connectivity index (χ4v) is 4.61. The topological polar surface area (TPSA) is 61.4 Å². The average Bonchev–Trinajstić information content (AvgIpc) is 2.67. The Labute approximate surface area is 170 Å². The molecule has 0 spiro atoms. The minimum Gasteiger partial charge on any atom is -0.349 e. The molecule has 0 aromatic heterocycles. The molecule has 4 rings (SSSR count). The van der Waals surface area contributed by atoms with Crippen molar-refractivity contribution in [2.75, 3.05) is 5.32 Å². The molecular formula is C23H26FN3O2. The number of carbonyl (C=O) groups is 2. The first-order valence-electron chi connectivity index (χ1n) is 10.2. The smallest absolute Gasteiger partial charge is 0.322 e. The third kappa shape index (κ3) is 4.42. The number of nitrogens with zero attached hydrogens (tertiary/aromatic N) is 1. The van der Waals surface area contributed by atoms with Gasteiger partial charge in [-0.1, -0.05) is 12.1 Å². The Kier molecular flexibility index (Phi) is 5.51. The van der Waals surface area contributed by atoms with Gasteiger partial charge in [0.1, 0.15) is 5.82 Å². The van der Waals surface area contributed by atoms with E-state index in [0.29, 0.717) is 5.56 Å². The summed E-state index contributed by atoms with van der Waals surface area (Å²) in [5.41, 5.74) is 2.36. The minimum atomic E-state index is -0.357. The van der Waals surface area contributed by atoms with E-state index in [1.54, 1.807) is 0 Å². The Hall–Kier alpha value is -2.89. The second-order valence-corrected chi connectivity index (χ2v) is 8.09. The molecule has 2 aliphatic rings. The van der Waals surface area contributed by atoms with E-state index < -0.39 is 0 Å². The lowest BCUT2D eigenvalue weighted by Gasteiger charge is -2.48. The van der Waals surface area contributed by atoms with Gasteiger partial charge in [0.05, 0.1) is 0 Å². The standard InChI is InChI=1S/C23H26FN3O2/c1-15-4-2-5-18(12-15)26-23(29)27-20-6-3-7-21(27)14-19(13-20)25-22(28)16-8-10-17(24)11-9-16/h2,4-5,8-12,19-21H,3,6-7,13-14H2,1H3,(H,25,28)(H,26,29)/t20-,21-/m1/s1. The SMILES string of the molecule is Cc1cccc(NC(=O)N2[C@@H]3CCC[C@@H]2CC(NC(=O)c2ccc(F)cc2)C3)c1. The van der Waals surface area contributed by atoms with Crippen molar-refractivity contribution in [2.24, 2.45) is 0 Å². The normalized spacial score (nSPS) is 23.4. The molecule has 0 saturated carbocycles. The number of hydrogen-bond donors (Lipinski definition) is 2. The van der Waals surface area contributed by atoms with Gasteiger partial charge < -0.3 is 15.5 Å². The van der Waals surface area contributed by atoms with Crippen LogP contribution in [0.25, 0.3) is 0 Å². The molecule has 0 unspecified atom stereocenters. The van der Waals surface area contributed by atoms with E-state index in [1.165, 1.54) is 24.3 Å². The van der Waals surface area contributed by atoms with Crippen molar-refractivity contribution >= 4 is 17.6 Å². The molecule has 0 aliphatic carbocycles. The van der Waals surface area contributed by atoms with Gasteiger partial charge in [0, 0.05) is 29.4 Å². The van der Waals surface area contributed by atoms with Crippen molar-refractivity contribution in [1.29, 1.82) is 0 Å². The van der Waals surface area contributed by atoms with E-state index in [1.807, 2.05) is 36.1 Å². The summed E-state index contributed by atoms with van der Waals surface area (Å²) in [5, 5.41) is 6.11. The highest BCUT2D eigenvalue weighted by Gasteiger charge is 2.41. The van der Waals surface area contributed by atoms with Crippen LogP contribution in [-0.4, -0.2) is 35.0 Å². The van der Waals surface area contributed by atoms with Crippen LogP contribution in [0.15, 0.2) is 48.5 Å². The molecule has 2 heterocycles. The van der Waals surface area contributed by atoms with Crippen molar-refractivity contribution in [3.63, 3.8) is 0 Å². The number of rotatable bonds is 3. The maximum absolute atomic E-state index is 13.1. The van der Waals surface area contributed by atoms with Crippen LogP contribution in [0.4, 0.5) is 14.9 Å². The van der Waals surface area contributed by atoms with Crippen molar-refractivity contribution in [1.82, 2.24) is 10.2 Å².